The maximum atomic E-state index is 12.6. The molecule has 0 radical (unpaired) electrons. The van der Waals surface area contributed by atoms with Crippen LogP contribution in [0.25, 0.3) is 17.0 Å². The zero-order valence-corrected chi connectivity index (χ0v) is 15.6. The average molecular weight is 364 g/mol. The van der Waals surface area contributed by atoms with Gasteiger partial charge in [-0.25, -0.2) is 0 Å². The highest BCUT2D eigenvalue weighted by atomic mass is 35.5. The number of fused-ring (bicyclic) bond motifs is 1. The molecule has 26 heavy (non-hydrogen) atoms. The monoisotopic (exact) mass is 363 g/mol. The standard InChI is InChI=1S/C21H18ClN3O/c1-13-18(22)8-6-9-19(13)24-21(26)15(12-23)11-17-14(2)25(3)20-10-5-4-7-16(17)20/h4-11H,1-3H3,(H,24,26)/b15-11-. The van der Waals surface area contributed by atoms with E-state index in [9.17, 15) is 10.1 Å². The van der Waals surface area contributed by atoms with Gasteiger partial charge < -0.3 is 9.88 Å². The third kappa shape index (κ3) is 3.10. The van der Waals surface area contributed by atoms with Crippen LogP contribution in [0.4, 0.5) is 5.69 Å². The molecule has 0 unspecified atom stereocenters. The number of hydrogen-bond acceptors (Lipinski definition) is 2. The van der Waals surface area contributed by atoms with Crippen LogP contribution in [0.15, 0.2) is 48.0 Å². The second-order valence-corrected chi connectivity index (χ2v) is 6.52. The lowest BCUT2D eigenvalue weighted by Gasteiger charge is -2.09. The molecule has 1 amide bonds. The molecule has 3 rings (SSSR count). The van der Waals surface area contributed by atoms with Gasteiger partial charge >= 0.3 is 0 Å². The second-order valence-electron chi connectivity index (χ2n) is 6.11. The van der Waals surface area contributed by atoms with Gasteiger partial charge in [-0.2, -0.15) is 5.26 Å². The lowest BCUT2D eigenvalue weighted by Crippen LogP contribution is -2.14. The van der Waals surface area contributed by atoms with Crippen LogP contribution >= 0.6 is 11.6 Å². The predicted molar refractivity (Wildman–Crippen MR) is 106 cm³/mol. The summed E-state index contributed by atoms with van der Waals surface area (Å²) in [6, 6.07) is 15.2. The topological polar surface area (TPSA) is 57.8 Å². The van der Waals surface area contributed by atoms with Gasteiger partial charge in [-0.15, -0.1) is 0 Å². The van der Waals surface area contributed by atoms with Crippen LogP contribution in [0.2, 0.25) is 5.02 Å². The van der Waals surface area contributed by atoms with Gasteiger partial charge in [0.15, 0.2) is 0 Å². The van der Waals surface area contributed by atoms with Crippen molar-refractivity contribution in [1.29, 1.82) is 5.26 Å². The van der Waals surface area contributed by atoms with Crippen LogP contribution in [0.3, 0.4) is 0 Å². The van der Waals surface area contributed by atoms with Gasteiger partial charge in [0.2, 0.25) is 0 Å². The minimum Gasteiger partial charge on any atom is -0.347 e. The van der Waals surface area contributed by atoms with E-state index in [2.05, 4.69) is 9.88 Å². The SMILES string of the molecule is Cc1c(Cl)cccc1NC(=O)/C(C#N)=C\c1c(C)n(C)c2ccccc12. The summed E-state index contributed by atoms with van der Waals surface area (Å²) >= 11 is 6.10. The van der Waals surface area contributed by atoms with E-state index in [1.54, 1.807) is 24.3 Å². The number of carbonyl (C=O) groups excluding carboxylic acids is 1. The third-order valence-electron chi connectivity index (χ3n) is 4.62. The quantitative estimate of drug-likeness (QED) is 0.526. The molecule has 0 aliphatic heterocycles. The van der Waals surface area contributed by atoms with Crippen molar-refractivity contribution in [3.63, 3.8) is 0 Å². The number of nitrogens with one attached hydrogen (secondary N) is 1. The molecule has 3 aromatic rings. The summed E-state index contributed by atoms with van der Waals surface area (Å²) in [7, 11) is 1.97. The van der Waals surface area contributed by atoms with Gasteiger partial charge in [-0.3, -0.25) is 4.79 Å². The van der Waals surface area contributed by atoms with Gasteiger partial charge in [0.05, 0.1) is 0 Å². The van der Waals surface area contributed by atoms with E-state index in [0.29, 0.717) is 10.7 Å². The number of aryl methyl sites for hydroxylation is 1. The Kier molecular flexibility index (Phi) is 4.83. The van der Waals surface area contributed by atoms with Crippen LogP contribution in [0.5, 0.6) is 0 Å². The number of halogens is 1. The minimum absolute atomic E-state index is 0.0452. The number of amides is 1. The summed E-state index contributed by atoms with van der Waals surface area (Å²) in [5, 5.41) is 13.9. The molecule has 0 aliphatic carbocycles. The number of para-hydroxylation sites is 1. The fraction of sp³-hybridized carbons (Fsp3) is 0.143. The summed E-state index contributed by atoms with van der Waals surface area (Å²) < 4.78 is 2.05. The highest BCUT2D eigenvalue weighted by Crippen LogP contribution is 2.28. The predicted octanol–water partition coefficient (Wildman–Crippen LogP) is 4.99. The molecule has 4 nitrogen and oxygen atoms in total. The van der Waals surface area contributed by atoms with Crippen LogP contribution in [-0.2, 0) is 11.8 Å². The summed E-state index contributed by atoms with van der Waals surface area (Å²) in [5.74, 6) is -0.454. The van der Waals surface area contributed by atoms with Gasteiger partial charge in [0, 0.05) is 39.9 Å². The first-order valence-electron chi connectivity index (χ1n) is 8.16. The van der Waals surface area contributed by atoms with Gasteiger partial charge in [0.1, 0.15) is 11.6 Å². The molecular formula is C21H18ClN3O. The Balaban J connectivity index is 2.02. The number of hydrogen-bond donors (Lipinski definition) is 1. The van der Waals surface area contributed by atoms with E-state index >= 15 is 0 Å². The lowest BCUT2D eigenvalue weighted by molar-refractivity contribution is -0.112. The second kappa shape index (κ2) is 7.07. The fourth-order valence-electron chi connectivity index (χ4n) is 2.96. The van der Waals surface area contributed by atoms with Crippen molar-refractivity contribution >= 4 is 40.2 Å². The molecule has 0 fully saturated rings. The number of benzene rings is 2. The Labute approximate surface area is 157 Å². The van der Waals surface area contributed by atoms with E-state index < -0.39 is 5.91 Å². The van der Waals surface area contributed by atoms with Crippen LogP contribution in [0.1, 0.15) is 16.8 Å². The van der Waals surface area contributed by atoms with Crippen molar-refractivity contribution in [3.05, 3.63) is 69.9 Å². The number of aromatic nitrogens is 1. The van der Waals surface area contributed by atoms with Crippen molar-refractivity contribution in [2.24, 2.45) is 7.05 Å². The molecule has 0 saturated heterocycles. The Morgan fingerprint density at radius 1 is 1.19 bits per heavy atom. The molecule has 1 heterocycles. The number of rotatable bonds is 3. The molecule has 130 valence electrons. The lowest BCUT2D eigenvalue weighted by atomic mass is 10.1. The molecule has 0 atom stereocenters. The molecule has 1 N–H and O–H groups in total. The van der Waals surface area contributed by atoms with Crippen molar-refractivity contribution in [2.75, 3.05) is 5.32 Å². The summed E-state index contributed by atoms with van der Waals surface area (Å²) in [6.07, 6.45) is 1.65. The first kappa shape index (κ1) is 17.8. The summed E-state index contributed by atoms with van der Waals surface area (Å²) in [6.45, 7) is 3.79. The molecule has 0 saturated carbocycles. The van der Waals surface area contributed by atoms with Crippen LogP contribution in [0, 0.1) is 25.2 Å². The normalized spacial score (nSPS) is 11.4. The highest BCUT2D eigenvalue weighted by Gasteiger charge is 2.15. The van der Waals surface area contributed by atoms with Crippen LogP contribution < -0.4 is 5.32 Å². The molecule has 0 bridgehead atoms. The van der Waals surface area contributed by atoms with Gasteiger partial charge in [0.25, 0.3) is 5.91 Å². The van der Waals surface area contributed by atoms with E-state index in [1.807, 2.05) is 51.2 Å². The first-order chi connectivity index (χ1) is 12.4. The average Bonchev–Trinajstić information content (AvgIpc) is 2.88. The molecule has 2 aromatic carbocycles. The smallest absolute Gasteiger partial charge is 0.266 e. The number of nitriles is 1. The van der Waals surface area contributed by atoms with E-state index in [1.165, 1.54) is 0 Å². The first-order valence-corrected chi connectivity index (χ1v) is 8.54. The molecule has 0 aliphatic rings. The maximum absolute atomic E-state index is 12.6. The highest BCUT2D eigenvalue weighted by molar-refractivity contribution is 6.31. The number of carbonyl (C=O) groups is 1. The minimum atomic E-state index is -0.454. The van der Waals surface area contributed by atoms with Crippen molar-refractivity contribution in [2.45, 2.75) is 13.8 Å². The summed E-state index contributed by atoms with van der Waals surface area (Å²) in [4.78, 5) is 12.6. The number of nitrogens with zero attached hydrogens (tertiary/aromatic N) is 2. The molecule has 5 heteroatoms. The van der Waals surface area contributed by atoms with Crippen molar-refractivity contribution in [1.82, 2.24) is 4.57 Å². The zero-order chi connectivity index (χ0) is 18.8. The maximum Gasteiger partial charge on any atom is 0.266 e. The third-order valence-corrected chi connectivity index (χ3v) is 5.03. The van der Waals surface area contributed by atoms with Gasteiger partial charge in [-0.1, -0.05) is 35.9 Å². The van der Waals surface area contributed by atoms with Crippen molar-refractivity contribution < 1.29 is 4.79 Å². The molecule has 0 spiro atoms. The Morgan fingerprint density at radius 2 is 1.92 bits per heavy atom. The van der Waals surface area contributed by atoms with E-state index in [4.69, 9.17) is 11.6 Å². The van der Waals surface area contributed by atoms with E-state index in [0.717, 1.165) is 27.7 Å². The largest absolute Gasteiger partial charge is 0.347 e. The molecule has 1 aromatic heterocycles. The molecular weight excluding hydrogens is 346 g/mol. The Morgan fingerprint density at radius 3 is 2.65 bits per heavy atom. The Hall–Kier alpha value is -3.03. The fourth-order valence-corrected chi connectivity index (χ4v) is 3.13. The van der Waals surface area contributed by atoms with E-state index in [-0.39, 0.29) is 5.57 Å². The van der Waals surface area contributed by atoms with Crippen LogP contribution in [-0.4, -0.2) is 10.5 Å². The van der Waals surface area contributed by atoms with Gasteiger partial charge in [-0.05, 0) is 43.7 Å². The zero-order valence-electron chi connectivity index (χ0n) is 14.8. The Bertz CT molecular complexity index is 1090. The number of anilines is 1. The summed E-state index contributed by atoms with van der Waals surface area (Å²) in [5.41, 5.74) is 4.33. The van der Waals surface area contributed by atoms with Crippen molar-refractivity contribution in [3.8, 4) is 6.07 Å².